The van der Waals surface area contributed by atoms with Gasteiger partial charge in [0.15, 0.2) is 0 Å². The van der Waals surface area contributed by atoms with Crippen LogP contribution < -0.4 is 0 Å². The van der Waals surface area contributed by atoms with E-state index in [9.17, 15) is 0 Å². The maximum absolute atomic E-state index is 4.72. The van der Waals surface area contributed by atoms with Crippen molar-refractivity contribution in [3.63, 3.8) is 0 Å². The van der Waals surface area contributed by atoms with E-state index in [1.165, 1.54) is 22.5 Å². The lowest BCUT2D eigenvalue weighted by atomic mass is 9.79. The van der Waals surface area contributed by atoms with E-state index in [1.54, 1.807) is 0 Å². The minimum atomic E-state index is 0.117. The highest BCUT2D eigenvalue weighted by Gasteiger charge is 2.44. The molecule has 2 aliphatic heterocycles. The minimum absolute atomic E-state index is 0.117. The van der Waals surface area contributed by atoms with E-state index >= 15 is 0 Å². The van der Waals surface area contributed by atoms with Gasteiger partial charge in [0.2, 0.25) is 0 Å². The van der Waals surface area contributed by atoms with Gasteiger partial charge in [0.05, 0.1) is 24.1 Å². The lowest BCUT2D eigenvalue weighted by Crippen LogP contribution is -2.54. The Morgan fingerprint density at radius 2 is 1.89 bits per heavy atom. The monoisotopic (exact) mass is 376 g/mol. The van der Waals surface area contributed by atoms with Crippen molar-refractivity contribution in [2.24, 2.45) is 0 Å². The van der Waals surface area contributed by atoms with Crippen LogP contribution in [0.25, 0.3) is 0 Å². The molecule has 1 spiro atoms. The van der Waals surface area contributed by atoms with Gasteiger partial charge in [-0.05, 0) is 37.1 Å². The zero-order chi connectivity index (χ0) is 19.0. The van der Waals surface area contributed by atoms with E-state index in [0.29, 0.717) is 0 Å². The quantitative estimate of drug-likeness (QED) is 0.761. The summed E-state index contributed by atoms with van der Waals surface area (Å²) in [5, 5.41) is 4.32. The fourth-order valence-corrected chi connectivity index (χ4v) is 4.95. The van der Waals surface area contributed by atoms with E-state index in [2.05, 4.69) is 51.2 Å². The summed E-state index contributed by atoms with van der Waals surface area (Å²) in [4.78, 5) is 13.2. The van der Waals surface area contributed by atoms with Gasteiger partial charge in [-0.15, -0.1) is 0 Å². The van der Waals surface area contributed by atoms with Crippen molar-refractivity contribution in [2.45, 2.75) is 37.9 Å². The molecule has 0 bridgehead atoms. The number of piperidine rings is 1. The van der Waals surface area contributed by atoms with Crippen LogP contribution in [0, 0.1) is 0 Å². The first-order chi connectivity index (χ1) is 13.7. The molecule has 2 aromatic heterocycles. The van der Waals surface area contributed by atoms with Crippen molar-refractivity contribution in [2.75, 3.05) is 26.7 Å². The molecule has 0 amide bonds. The molecule has 0 unspecified atom stereocenters. The lowest BCUT2D eigenvalue weighted by Gasteiger charge is -2.49. The Labute approximate surface area is 166 Å². The Kier molecular flexibility index (Phi) is 4.53. The van der Waals surface area contributed by atoms with Crippen molar-refractivity contribution in [3.05, 3.63) is 71.6 Å². The van der Waals surface area contributed by atoms with Gasteiger partial charge in [-0.1, -0.05) is 24.3 Å². The molecular formula is C22H28N6. The average Bonchev–Trinajstić information content (AvgIpc) is 3.39. The topological polar surface area (TPSA) is 53.0 Å². The summed E-state index contributed by atoms with van der Waals surface area (Å²) in [6.07, 6.45) is 9.10. The zero-order valence-electron chi connectivity index (χ0n) is 16.5. The molecule has 0 aliphatic carbocycles. The average molecular weight is 377 g/mol. The Balaban J connectivity index is 1.26. The molecule has 2 aliphatic rings. The number of hydrogen-bond donors (Lipinski definition) is 1. The van der Waals surface area contributed by atoms with Crippen molar-refractivity contribution in [3.8, 4) is 0 Å². The fourth-order valence-electron chi connectivity index (χ4n) is 4.95. The third-order valence-corrected chi connectivity index (χ3v) is 6.57. The molecular weight excluding hydrogens is 348 g/mol. The Morgan fingerprint density at radius 3 is 2.68 bits per heavy atom. The number of aromatic nitrogens is 4. The third-order valence-electron chi connectivity index (χ3n) is 6.57. The molecule has 146 valence electrons. The number of nitrogens with one attached hydrogen (secondary N) is 1. The van der Waals surface area contributed by atoms with E-state index < -0.39 is 0 Å². The van der Waals surface area contributed by atoms with E-state index in [1.807, 2.05) is 29.5 Å². The Morgan fingerprint density at radius 1 is 1.07 bits per heavy atom. The van der Waals surface area contributed by atoms with Gasteiger partial charge >= 0.3 is 0 Å². The molecule has 0 radical (unpaired) electrons. The van der Waals surface area contributed by atoms with Crippen LogP contribution in [0.5, 0.6) is 0 Å². The molecule has 1 saturated heterocycles. The SMILES string of the molecule is CN1CCc2[nH]cnc2C12CCN(Cc1cccc(Cn3cccn3)c1)CC2. The number of hydrogen-bond acceptors (Lipinski definition) is 4. The van der Waals surface area contributed by atoms with Crippen LogP contribution >= 0.6 is 0 Å². The largest absolute Gasteiger partial charge is 0.348 e. The Bertz CT molecular complexity index is 920. The van der Waals surface area contributed by atoms with Crippen LogP contribution in [0.15, 0.2) is 49.1 Å². The highest BCUT2D eigenvalue weighted by Crippen LogP contribution is 2.41. The molecule has 4 heterocycles. The summed E-state index contributed by atoms with van der Waals surface area (Å²) in [7, 11) is 2.27. The maximum atomic E-state index is 4.72. The number of nitrogens with zero attached hydrogens (tertiary/aromatic N) is 5. The lowest BCUT2D eigenvalue weighted by molar-refractivity contribution is 0.0221. The van der Waals surface area contributed by atoms with E-state index in [4.69, 9.17) is 4.98 Å². The number of fused-ring (bicyclic) bond motifs is 2. The van der Waals surface area contributed by atoms with Gasteiger partial charge in [0, 0.05) is 50.7 Å². The second-order valence-electron chi connectivity index (χ2n) is 8.23. The number of aromatic amines is 1. The van der Waals surface area contributed by atoms with Crippen LogP contribution in [0.4, 0.5) is 0 Å². The molecule has 28 heavy (non-hydrogen) atoms. The number of likely N-dealkylation sites (tertiary alicyclic amines) is 1. The highest BCUT2D eigenvalue weighted by atomic mass is 15.3. The van der Waals surface area contributed by atoms with Crippen LogP contribution in [-0.4, -0.2) is 56.2 Å². The van der Waals surface area contributed by atoms with Crippen molar-refractivity contribution >= 4 is 0 Å². The fraction of sp³-hybridized carbons (Fsp3) is 0.455. The number of H-pyrrole nitrogens is 1. The highest BCUT2D eigenvalue weighted by molar-refractivity contribution is 5.27. The van der Waals surface area contributed by atoms with Gasteiger partial charge in [-0.2, -0.15) is 5.10 Å². The van der Waals surface area contributed by atoms with Crippen LogP contribution in [0.3, 0.4) is 0 Å². The number of benzene rings is 1. The molecule has 6 nitrogen and oxygen atoms in total. The summed E-state index contributed by atoms with van der Waals surface area (Å²) < 4.78 is 1.98. The third kappa shape index (κ3) is 3.16. The molecule has 1 fully saturated rings. The molecule has 1 aromatic carbocycles. The molecule has 5 rings (SSSR count). The number of rotatable bonds is 4. The molecule has 3 aromatic rings. The second-order valence-corrected chi connectivity index (χ2v) is 8.23. The van der Waals surface area contributed by atoms with Crippen LogP contribution in [0.2, 0.25) is 0 Å². The summed E-state index contributed by atoms with van der Waals surface area (Å²) in [5.41, 5.74) is 5.45. The Hall–Kier alpha value is -2.44. The molecule has 0 atom stereocenters. The van der Waals surface area contributed by atoms with E-state index in [-0.39, 0.29) is 5.54 Å². The minimum Gasteiger partial charge on any atom is -0.348 e. The normalized spacial score (nSPS) is 19.8. The molecule has 0 saturated carbocycles. The first-order valence-corrected chi connectivity index (χ1v) is 10.2. The van der Waals surface area contributed by atoms with Crippen LogP contribution in [0.1, 0.15) is 35.4 Å². The zero-order valence-corrected chi connectivity index (χ0v) is 16.5. The maximum Gasteiger partial charge on any atom is 0.0926 e. The second kappa shape index (κ2) is 7.18. The first-order valence-electron chi connectivity index (χ1n) is 10.2. The van der Waals surface area contributed by atoms with E-state index in [0.717, 1.165) is 52.0 Å². The first kappa shape index (κ1) is 17.6. The number of likely N-dealkylation sites (N-methyl/N-ethyl adjacent to an activating group) is 1. The van der Waals surface area contributed by atoms with Gasteiger partial charge in [0.25, 0.3) is 0 Å². The standard InChI is InChI=1S/C22H28N6/c1-26-11-6-20-21(24-17-23-20)22(26)7-12-27(13-8-22)15-18-4-2-5-19(14-18)16-28-10-3-9-25-28/h2-5,9-10,14,17H,6-8,11-13,15-16H2,1H3,(H,23,24). The predicted molar refractivity (Wildman–Crippen MR) is 109 cm³/mol. The summed E-state index contributed by atoms with van der Waals surface area (Å²) >= 11 is 0. The smallest absolute Gasteiger partial charge is 0.0926 e. The molecule has 1 N–H and O–H groups in total. The van der Waals surface area contributed by atoms with Crippen LogP contribution in [-0.2, 0) is 25.0 Å². The molecule has 6 heteroatoms. The van der Waals surface area contributed by atoms with Crippen molar-refractivity contribution in [1.29, 1.82) is 0 Å². The van der Waals surface area contributed by atoms with Crippen molar-refractivity contribution < 1.29 is 0 Å². The van der Waals surface area contributed by atoms with Gasteiger partial charge in [-0.3, -0.25) is 14.5 Å². The van der Waals surface area contributed by atoms with Gasteiger partial charge in [-0.25, -0.2) is 4.98 Å². The summed E-state index contributed by atoms with van der Waals surface area (Å²) in [5.74, 6) is 0. The summed E-state index contributed by atoms with van der Waals surface area (Å²) in [6, 6.07) is 10.9. The predicted octanol–water partition coefficient (Wildman–Crippen LogP) is 2.63. The number of imidazole rings is 1. The van der Waals surface area contributed by atoms with Gasteiger partial charge in [0.1, 0.15) is 0 Å². The summed E-state index contributed by atoms with van der Waals surface area (Å²) in [6.45, 7) is 5.18. The van der Waals surface area contributed by atoms with Gasteiger partial charge < -0.3 is 4.98 Å². The van der Waals surface area contributed by atoms with Crippen molar-refractivity contribution in [1.82, 2.24) is 29.5 Å².